The number of ether oxygens (including phenoxy) is 1. The van der Waals surface area contributed by atoms with Crippen LogP contribution in [0.3, 0.4) is 0 Å². The zero-order valence-electron chi connectivity index (χ0n) is 12.4. The van der Waals surface area contributed by atoms with Gasteiger partial charge < -0.3 is 15.0 Å². The molecule has 0 saturated heterocycles. The topological polar surface area (TPSA) is 74.2 Å². The zero-order valence-corrected chi connectivity index (χ0v) is 12.4. The van der Waals surface area contributed by atoms with Crippen LogP contribution in [-0.4, -0.2) is 22.9 Å². The Bertz CT molecular complexity index is 420. The Hall–Kier alpha value is -0.940. The summed E-state index contributed by atoms with van der Waals surface area (Å²) in [5.41, 5.74) is 5.73. The van der Waals surface area contributed by atoms with Gasteiger partial charge in [-0.1, -0.05) is 12.1 Å². The Labute approximate surface area is 114 Å². The highest BCUT2D eigenvalue weighted by molar-refractivity contribution is 5.06. The lowest BCUT2D eigenvalue weighted by atomic mass is 9.77. The average molecular weight is 267 g/mol. The molecule has 5 heteroatoms. The van der Waals surface area contributed by atoms with Gasteiger partial charge in [0, 0.05) is 7.11 Å². The van der Waals surface area contributed by atoms with E-state index in [1.807, 2.05) is 13.8 Å². The minimum Gasteiger partial charge on any atom is -0.378 e. The van der Waals surface area contributed by atoms with Crippen molar-refractivity contribution in [1.29, 1.82) is 0 Å². The van der Waals surface area contributed by atoms with Gasteiger partial charge in [0.15, 0.2) is 5.82 Å². The van der Waals surface area contributed by atoms with Gasteiger partial charge in [-0.3, -0.25) is 0 Å². The van der Waals surface area contributed by atoms with Gasteiger partial charge in [0.1, 0.15) is 0 Å². The third-order valence-corrected chi connectivity index (χ3v) is 4.21. The maximum Gasteiger partial charge on any atom is 0.229 e. The highest BCUT2D eigenvalue weighted by Gasteiger charge is 2.36. The molecule has 0 radical (unpaired) electrons. The molecular weight excluding hydrogens is 242 g/mol. The van der Waals surface area contributed by atoms with Crippen molar-refractivity contribution >= 4 is 0 Å². The van der Waals surface area contributed by atoms with Crippen molar-refractivity contribution < 1.29 is 9.26 Å². The van der Waals surface area contributed by atoms with Gasteiger partial charge in [0.25, 0.3) is 0 Å². The van der Waals surface area contributed by atoms with E-state index in [1.54, 1.807) is 7.11 Å². The van der Waals surface area contributed by atoms with E-state index in [2.05, 4.69) is 17.1 Å². The number of nitrogens with two attached hydrogens (primary N) is 1. The maximum absolute atomic E-state index is 6.44. The van der Waals surface area contributed by atoms with E-state index in [0.29, 0.717) is 18.1 Å². The molecule has 0 aliphatic heterocycles. The van der Waals surface area contributed by atoms with E-state index in [1.165, 1.54) is 0 Å². The normalized spacial score (nSPS) is 28.6. The number of methoxy groups -OCH3 is 1. The van der Waals surface area contributed by atoms with Crippen molar-refractivity contribution in [3.05, 3.63) is 11.7 Å². The molecule has 1 fully saturated rings. The van der Waals surface area contributed by atoms with Gasteiger partial charge in [0.05, 0.1) is 17.6 Å². The number of rotatable bonds is 4. The van der Waals surface area contributed by atoms with Crippen LogP contribution in [0.15, 0.2) is 4.52 Å². The fourth-order valence-electron chi connectivity index (χ4n) is 2.47. The van der Waals surface area contributed by atoms with Crippen molar-refractivity contribution in [2.45, 2.75) is 64.0 Å². The molecule has 1 aliphatic carbocycles. The summed E-state index contributed by atoms with van der Waals surface area (Å²) in [7, 11) is 1.68. The molecule has 0 spiro atoms. The minimum absolute atomic E-state index is 0.299. The zero-order chi connectivity index (χ0) is 14.1. The van der Waals surface area contributed by atoms with Crippen LogP contribution in [0.25, 0.3) is 0 Å². The summed E-state index contributed by atoms with van der Waals surface area (Å²) in [6, 6.07) is 0. The highest BCUT2D eigenvalue weighted by Crippen LogP contribution is 2.36. The molecule has 0 amide bonds. The molecule has 1 aliphatic rings. The molecule has 108 valence electrons. The first kappa shape index (κ1) is 14.5. The molecule has 1 heterocycles. The first-order chi connectivity index (χ1) is 8.85. The van der Waals surface area contributed by atoms with Crippen molar-refractivity contribution in [3.8, 4) is 0 Å². The third kappa shape index (κ3) is 3.34. The van der Waals surface area contributed by atoms with Gasteiger partial charge in [-0.15, -0.1) is 0 Å². The molecular formula is C14H25N3O2. The van der Waals surface area contributed by atoms with E-state index in [4.69, 9.17) is 15.0 Å². The van der Waals surface area contributed by atoms with Gasteiger partial charge >= 0.3 is 0 Å². The number of nitrogens with zero attached hydrogens (tertiary/aromatic N) is 2. The summed E-state index contributed by atoms with van der Waals surface area (Å²) < 4.78 is 10.7. The maximum atomic E-state index is 6.44. The number of aromatic nitrogens is 2. The molecule has 0 unspecified atom stereocenters. The Balaban J connectivity index is 2.08. The Morgan fingerprint density at radius 1 is 1.42 bits per heavy atom. The standard InChI is InChI=1S/C14H25N3O2/c1-10-5-7-14(15,8-6-10)12-16-11(19-17-12)9-13(2,3)18-4/h10H,5-9,15H2,1-4H3. The lowest BCUT2D eigenvalue weighted by Gasteiger charge is -2.33. The summed E-state index contributed by atoms with van der Waals surface area (Å²) >= 11 is 0. The van der Waals surface area contributed by atoms with Crippen molar-refractivity contribution in [2.75, 3.05) is 7.11 Å². The number of hydrogen-bond donors (Lipinski definition) is 1. The van der Waals surface area contributed by atoms with Gasteiger partial charge in [-0.05, 0) is 45.4 Å². The quantitative estimate of drug-likeness (QED) is 0.906. The molecule has 1 aromatic heterocycles. The van der Waals surface area contributed by atoms with Crippen LogP contribution < -0.4 is 5.73 Å². The predicted octanol–water partition coefficient (Wildman–Crippen LogP) is 2.40. The van der Waals surface area contributed by atoms with Crippen LogP contribution in [0.1, 0.15) is 58.2 Å². The Morgan fingerprint density at radius 2 is 2.05 bits per heavy atom. The van der Waals surface area contributed by atoms with Crippen LogP contribution in [0.4, 0.5) is 0 Å². The summed E-state index contributed by atoms with van der Waals surface area (Å²) in [4.78, 5) is 4.48. The third-order valence-electron chi connectivity index (χ3n) is 4.21. The molecule has 0 aromatic carbocycles. The van der Waals surface area contributed by atoms with Gasteiger partial charge in [0.2, 0.25) is 5.89 Å². The van der Waals surface area contributed by atoms with Crippen LogP contribution >= 0.6 is 0 Å². The van der Waals surface area contributed by atoms with Crippen LogP contribution in [0.5, 0.6) is 0 Å². The first-order valence-corrected chi connectivity index (χ1v) is 7.02. The van der Waals surface area contributed by atoms with E-state index < -0.39 is 5.54 Å². The van der Waals surface area contributed by atoms with Crippen molar-refractivity contribution in [3.63, 3.8) is 0 Å². The Kier molecular flexibility index (Phi) is 3.97. The van der Waals surface area contributed by atoms with Gasteiger partial charge in [-0.2, -0.15) is 4.98 Å². The summed E-state index contributed by atoms with van der Waals surface area (Å²) in [6.45, 7) is 6.26. The molecule has 19 heavy (non-hydrogen) atoms. The molecule has 0 atom stereocenters. The summed E-state index contributed by atoms with van der Waals surface area (Å²) in [5.74, 6) is 2.00. The highest BCUT2D eigenvalue weighted by atomic mass is 16.5. The lowest BCUT2D eigenvalue weighted by Crippen LogP contribution is -2.41. The Morgan fingerprint density at radius 3 is 2.63 bits per heavy atom. The molecule has 5 nitrogen and oxygen atoms in total. The SMILES string of the molecule is COC(C)(C)Cc1nc(C2(N)CCC(C)CC2)no1. The first-order valence-electron chi connectivity index (χ1n) is 7.02. The van der Waals surface area contributed by atoms with Gasteiger partial charge in [-0.25, -0.2) is 0 Å². The van der Waals surface area contributed by atoms with Crippen LogP contribution in [0.2, 0.25) is 0 Å². The van der Waals surface area contributed by atoms with Crippen molar-refractivity contribution in [2.24, 2.45) is 11.7 Å². The fourth-order valence-corrected chi connectivity index (χ4v) is 2.47. The van der Waals surface area contributed by atoms with Crippen LogP contribution in [0, 0.1) is 5.92 Å². The lowest BCUT2D eigenvalue weighted by molar-refractivity contribution is 0.0170. The molecule has 0 bridgehead atoms. The summed E-state index contributed by atoms with van der Waals surface area (Å²) in [6.07, 6.45) is 4.72. The molecule has 2 N–H and O–H groups in total. The molecule has 2 rings (SSSR count). The smallest absolute Gasteiger partial charge is 0.229 e. The largest absolute Gasteiger partial charge is 0.378 e. The minimum atomic E-state index is -0.411. The monoisotopic (exact) mass is 267 g/mol. The second-order valence-electron chi connectivity index (χ2n) is 6.49. The summed E-state index contributed by atoms with van der Waals surface area (Å²) in [5, 5.41) is 4.09. The second-order valence-corrected chi connectivity index (χ2v) is 6.49. The predicted molar refractivity (Wildman–Crippen MR) is 72.6 cm³/mol. The van der Waals surface area contributed by atoms with E-state index in [9.17, 15) is 0 Å². The fraction of sp³-hybridized carbons (Fsp3) is 0.857. The van der Waals surface area contributed by atoms with E-state index >= 15 is 0 Å². The molecule has 1 aromatic rings. The van der Waals surface area contributed by atoms with Crippen molar-refractivity contribution in [1.82, 2.24) is 10.1 Å². The van der Waals surface area contributed by atoms with E-state index in [0.717, 1.165) is 31.6 Å². The average Bonchev–Trinajstić information content (AvgIpc) is 2.82. The number of hydrogen-bond acceptors (Lipinski definition) is 5. The van der Waals surface area contributed by atoms with Crippen LogP contribution in [-0.2, 0) is 16.7 Å². The molecule has 1 saturated carbocycles. The van der Waals surface area contributed by atoms with E-state index in [-0.39, 0.29) is 5.60 Å². The second kappa shape index (κ2) is 5.21.